The number of hydrogen-bond donors (Lipinski definition) is 1. The number of benzene rings is 2. The van der Waals surface area contributed by atoms with Gasteiger partial charge in [-0.15, -0.1) is 0 Å². The highest BCUT2D eigenvalue weighted by Crippen LogP contribution is 2.31. The van der Waals surface area contributed by atoms with Crippen LogP contribution >= 0.6 is 11.8 Å². The largest absolute Gasteiger partial charge is 0.478 e. The van der Waals surface area contributed by atoms with E-state index in [2.05, 4.69) is 0 Å². The van der Waals surface area contributed by atoms with Crippen molar-refractivity contribution in [3.05, 3.63) is 59.7 Å². The SMILES string of the molecule is Cc1cccc(Sc2ccccc2)c1C(=O)O. The molecule has 2 nitrogen and oxygen atoms in total. The summed E-state index contributed by atoms with van der Waals surface area (Å²) in [5.41, 5.74) is 1.18. The molecule has 2 aromatic rings. The second-order valence-corrected chi connectivity index (χ2v) is 4.78. The van der Waals surface area contributed by atoms with Crippen LogP contribution in [0.15, 0.2) is 58.3 Å². The van der Waals surface area contributed by atoms with Crippen molar-refractivity contribution in [1.82, 2.24) is 0 Å². The van der Waals surface area contributed by atoms with E-state index in [0.717, 1.165) is 15.4 Å². The molecule has 0 aromatic heterocycles. The first-order valence-corrected chi connectivity index (χ1v) is 6.06. The van der Waals surface area contributed by atoms with Crippen molar-refractivity contribution >= 4 is 17.7 Å². The van der Waals surface area contributed by atoms with Crippen molar-refractivity contribution in [1.29, 1.82) is 0 Å². The highest BCUT2D eigenvalue weighted by molar-refractivity contribution is 7.99. The normalized spacial score (nSPS) is 10.2. The van der Waals surface area contributed by atoms with Gasteiger partial charge in [0.1, 0.15) is 0 Å². The van der Waals surface area contributed by atoms with E-state index in [0.29, 0.717) is 5.56 Å². The van der Waals surface area contributed by atoms with E-state index < -0.39 is 5.97 Å². The monoisotopic (exact) mass is 244 g/mol. The predicted molar refractivity (Wildman–Crippen MR) is 68.7 cm³/mol. The lowest BCUT2D eigenvalue weighted by molar-refractivity contribution is 0.0692. The summed E-state index contributed by atoms with van der Waals surface area (Å²) in [6.45, 7) is 1.82. The number of rotatable bonds is 3. The molecule has 0 aliphatic carbocycles. The molecule has 86 valence electrons. The molecule has 2 rings (SSSR count). The van der Waals surface area contributed by atoms with E-state index in [9.17, 15) is 9.90 Å². The smallest absolute Gasteiger partial charge is 0.337 e. The Morgan fingerprint density at radius 2 is 1.76 bits per heavy atom. The van der Waals surface area contributed by atoms with Gasteiger partial charge < -0.3 is 5.11 Å². The summed E-state index contributed by atoms with van der Waals surface area (Å²) in [5, 5.41) is 9.21. The van der Waals surface area contributed by atoms with Crippen molar-refractivity contribution < 1.29 is 9.90 Å². The minimum atomic E-state index is -0.874. The van der Waals surface area contributed by atoms with E-state index in [1.54, 1.807) is 0 Å². The van der Waals surface area contributed by atoms with Gasteiger partial charge in [-0.05, 0) is 30.7 Å². The number of aryl methyl sites for hydroxylation is 1. The van der Waals surface area contributed by atoms with Crippen molar-refractivity contribution in [2.75, 3.05) is 0 Å². The number of carboxylic acid groups (broad SMARTS) is 1. The molecule has 0 heterocycles. The summed E-state index contributed by atoms with van der Waals surface area (Å²) in [6, 6.07) is 15.3. The molecule has 0 bridgehead atoms. The highest BCUT2D eigenvalue weighted by atomic mass is 32.2. The molecule has 0 radical (unpaired) electrons. The Labute approximate surface area is 104 Å². The highest BCUT2D eigenvalue weighted by Gasteiger charge is 2.13. The average Bonchev–Trinajstić information content (AvgIpc) is 2.30. The van der Waals surface area contributed by atoms with Crippen LogP contribution in [0.25, 0.3) is 0 Å². The Kier molecular flexibility index (Phi) is 3.49. The molecule has 1 N–H and O–H groups in total. The van der Waals surface area contributed by atoms with Crippen LogP contribution in [0.5, 0.6) is 0 Å². The van der Waals surface area contributed by atoms with Crippen LogP contribution in [0.4, 0.5) is 0 Å². The maximum absolute atomic E-state index is 11.2. The van der Waals surface area contributed by atoms with Crippen LogP contribution in [-0.4, -0.2) is 11.1 Å². The summed E-state index contributed by atoms with van der Waals surface area (Å²) in [4.78, 5) is 13.0. The number of carbonyl (C=O) groups is 1. The summed E-state index contributed by atoms with van der Waals surface area (Å²) in [7, 11) is 0. The molecular formula is C14H12O2S. The Balaban J connectivity index is 2.40. The second kappa shape index (κ2) is 5.06. The van der Waals surface area contributed by atoms with E-state index in [4.69, 9.17) is 0 Å². The molecule has 0 spiro atoms. The fraction of sp³-hybridized carbons (Fsp3) is 0.0714. The van der Waals surface area contributed by atoms with Gasteiger partial charge in [-0.3, -0.25) is 0 Å². The van der Waals surface area contributed by atoms with Crippen molar-refractivity contribution in [3.63, 3.8) is 0 Å². The van der Waals surface area contributed by atoms with Crippen LogP contribution in [0.1, 0.15) is 15.9 Å². The summed E-state index contributed by atoms with van der Waals surface area (Å²) in [5.74, 6) is -0.874. The van der Waals surface area contributed by atoms with Crippen LogP contribution in [0, 0.1) is 6.92 Å². The van der Waals surface area contributed by atoms with Gasteiger partial charge in [0.25, 0.3) is 0 Å². The molecule has 0 unspecified atom stereocenters. The van der Waals surface area contributed by atoms with Crippen molar-refractivity contribution in [2.24, 2.45) is 0 Å². The fourth-order valence-corrected chi connectivity index (χ4v) is 2.66. The predicted octanol–water partition coefficient (Wildman–Crippen LogP) is 3.84. The lowest BCUT2D eigenvalue weighted by atomic mass is 10.1. The standard InChI is InChI=1S/C14H12O2S/c1-10-6-5-9-12(13(10)14(15)16)17-11-7-3-2-4-8-11/h2-9H,1H3,(H,15,16). The van der Waals surface area contributed by atoms with Gasteiger partial charge in [-0.25, -0.2) is 4.79 Å². The first kappa shape index (κ1) is 11.7. The molecule has 0 aliphatic heterocycles. The maximum Gasteiger partial charge on any atom is 0.337 e. The molecule has 0 aliphatic rings. The third kappa shape index (κ3) is 2.68. The summed E-state index contributed by atoms with van der Waals surface area (Å²) in [6.07, 6.45) is 0. The second-order valence-electron chi connectivity index (χ2n) is 3.67. The quantitative estimate of drug-likeness (QED) is 0.891. The average molecular weight is 244 g/mol. The first-order valence-electron chi connectivity index (χ1n) is 5.24. The molecular weight excluding hydrogens is 232 g/mol. The fourth-order valence-electron chi connectivity index (χ4n) is 1.62. The van der Waals surface area contributed by atoms with E-state index >= 15 is 0 Å². The van der Waals surface area contributed by atoms with Gasteiger partial charge in [0.05, 0.1) is 5.56 Å². The lowest BCUT2D eigenvalue weighted by Crippen LogP contribution is -2.01. The first-order chi connectivity index (χ1) is 8.18. The van der Waals surface area contributed by atoms with Crippen LogP contribution in [-0.2, 0) is 0 Å². The molecule has 17 heavy (non-hydrogen) atoms. The van der Waals surface area contributed by atoms with Gasteiger partial charge in [0, 0.05) is 9.79 Å². The van der Waals surface area contributed by atoms with Gasteiger partial charge in [-0.2, -0.15) is 0 Å². The molecule has 3 heteroatoms. The minimum absolute atomic E-state index is 0.390. The molecule has 0 saturated heterocycles. The van der Waals surface area contributed by atoms with Crippen molar-refractivity contribution in [3.8, 4) is 0 Å². The Hall–Kier alpha value is -1.74. The Bertz CT molecular complexity index is 535. The molecule has 2 aromatic carbocycles. The zero-order valence-electron chi connectivity index (χ0n) is 9.38. The Morgan fingerprint density at radius 3 is 2.41 bits per heavy atom. The topological polar surface area (TPSA) is 37.3 Å². The number of aromatic carboxylic acids is 1. The maximum atomic E-state index is 11.2. The van der Waals surface area contributed by atoms with Crippen molar-refractivity contribution in [2.45, 2.75) is 16.7 Å². The zero-order chi connectivity index (χ0) is 12.3. The molecule has 0 saturated carbocycles. The van der Waals surface area contributed by atoms with Crippen LogP contribution < -0.4 is 0 Å². The zero-order valence-corrected chi connectivity index (χ0v) is 10.2. The third-order valence-corrected chi connectivity index (χ3v) is 3.49. The number of hydrogen-bond acceptors (Lipinski definition) is 2. The van der Waals surface area contributed by atoms with E-state index in [-0.39, 0.29) is 0 Å². The van der Waals surface area contributed by atoms with Crippen LogP contribution in [0.2, 0.25) is 0 Å². The van der Waals surface area contributed by atoms with Gasteiger partial charge in [0.15, 0.2) is 0 Å². The van der Waals surface area contributed by atoms with Gasteiger partial charge >= 0.3 is 5.97 Å². The minimum Gasteiger partial charge on any atom is -0.478 e. The van der Waals surface area contributed by atoms with E-state index in [1.807, 2.05) is 55.5 Å². The number of carboxylic acids is 1. The van der Waals surface area contributed by atoms with Gasteiger partial charge in [0.2, 0.25) is 0 Å². The summed E-state index contributed by atoms with van der Waals surface area (Å²) >= 11 is 1.48. The molecule has 0 amide bonds. The molecule has 0 fully saturated rings. The van der Waals surface area contributed by atoms with Gasteiger partial charge in [-0.1, -0.05) is 42.1 Å². The Morgan fingerprint density at radius 1 is 1.06 bits per heavy atom. The lowest BCUT2D eigenvalue weighted by Gasteiger charge is -2.08. The summed E-state index contributed by atoms with van der Waals surface area (Å²) < 4.78 is 0. The van der Waals surface area contributed by atoms with Crippen LogP contribution in [0.3, 0.4) is 0 Å². The van der Waals surface area contributed by atoms with E-state index in [1.165, 1.54) is 11.8 Å². The molecule has 0 atom stereocenters. The third-order valence-electron chi connectivity index (χ3n) is 2.42.